The van der Waals surface area contributed by atoms with Gasteiger partial charge in [0.1, 0.15) is 17.3 Å². The number of carbonyl (C=O) groups is 1. The van der Waals surface area contributed by atoms with Crippen LogP contribution < -0.4 is 0 Å². The zero-order valence-corrected chi connectivity index (χ0v) is 14.8. The number of nitrogens with zero attached hydrogens (tertiary/aromatic N) is 2. The second-order valence-corrected chi connectivity index (χ2v) is 8.41. The molecule has 0 aliphatic carbocycles. The Morgan fingerprint density at radius 1 is 1.43 bits per heavy atom. The van der Waals surface area contributed by atoms with E-state index < -0.39 is 21.3 Å². The van der Waals surface area contributed by atoms with Gasteiger partial charge in [0, 0.05) is 12.7 Å². The fraction of sp³-hybridized carbons (Fsp3) is 0.333. The van der Waals surface area contributed by atoms with Crippen LogP contribution in [0.4, 0.5) is 4.79 Å². The third kappa shape index (κ3) is 6.33. The fourth-order valence-corrected chi connectivity index (χ4v) is 3.99. The third-order valence-electron chi connectivity index (χ3n) is 2.94. The first kappa shape index (κ1) is 18.0. The zero-order chi connectivity index (χ0) is 16.9. The van der Waals surface area contributed by atoms with Crippen LogP contribution >= 0.6 is 23.2 Å². The predicted octanol–water partition coefficient (Wildman–Crippen LogP) is 3.95. The minimum atomic E-state index is -2.77. The second kappa shape index (κ2) is 7.95. The number of allylic oxidation sites excluding steroid dienone is 1. The van der Waals surface area contributed by atoms with Crippen LogP contribution in [0.1, 0.15) is 12.0 Å². The van der Waals surface area contributed by atoms with Crippen LogP contribution in [-0.4, -0.2) is 33.0 Å². The molecule has 0 bridgehead atoms. The second-order valence-electron chi connectivity index (χ2n) is 5.13. The highest BCUT2D eigenvalue weighted by Crippen LogP contribution is 2.21. The van der Waals surface area contributed by atoms with Gasteiger partial charge in [-0.1, -0.05) is 59.1 Å². The van der Waals surface area contributed by atoms with E-state index >= 15 is 0 Å². The van der Waals surface area contributed by atoms with Crippen molar-refractivity contribution >= 4 is 44.2 Å². The van der Waals surface area contributed by atoms with Gasteiger partial charge in [-0.05, 0) is 11.6 Å². The van der Waals surface area contributed by atoms with Crippen LogP contribution in [0.2, 0.25) is 0 Å². The van der Waals surface area contributed by atoms with Gasteiger partial charge in [-0.2, -0.15) is 0 Å². The van der Waals surface area contributed by atoms with Gasteiger partial charge in [0.25, 0.3) is 0 Å². The van der Waals surface area contributed by atoms with Crippen molar-refractivity contribution in [2.45, 2.75) is 18.5 Å². The predicted molar refractivity (Wildman–Crippen MR) is 93.6 cm³/mol. The first-order chi connectivity index (χ1) is 10.8. The monoisotopic (exact) mass is 374 g/mol. The molecule has 0 aromatic heterocycles. The number of rotatable bonds is 4. The van der Waals surface area contributed by atoms with Crippen molar-refractivity contribution in [3.8, 4) is 0 Å². The molecule has 0 saturated heterocycles. The van der Waals surface area contributed by atoms with Crippen molar-refractivity contribution in [3.05, 3.63) is 47.5 Å². The highest BCUT2D eigenvalue weighted by Gasteiger charge is 2.17. The molecule has 1 aromatic rings. The summed E-state index contributed by atoms with van der Waals surface area (Å²) in [5, 5.41) is 0.258. The van der Waals surface area contributed by atoms with Crippen molar-refractivity contribution in [3.63, 3.8) is 0 Å². The minimum Gasteiger partial charge on any atom is -0.443 e. The molecule has 0 radical (unpaired) electrons. The normalized spacial score (nSPS) is 20.0. The smallest absolute Gasteiger partial charge is 0.442 e. The van der Waals surface area contributed by atoms with Gasteiger partial charge >= 0.3 is 6.09 Å². The summed E-state index contributed by atoms with van der Waals surface area (Å²) in [6.07, 6.45) is 2.59. The molecule has 0 N–H and O–H groups in total. The van der Waals surface area contributed by atoms with E-state index in [1.165, 1.54) is 6.26 Å². The Morgan fingerprint density at radius 3 is 2.78 bits per heavy atom. The van der Waals surface area contributed by atoms with Crippen molar-refractivity contribution < 1.29 is 13.7 Å². The summed E-state index contributed by atoms with van der Waals surface area (Å²) < 4.78 is 21.1. The van der Waals surface area contributed by atoms with Gasteiger partial charge in [-0.15, -0.1) is 4.36 Å². The Morgan fingerprint density at radius 2 is 2.13 bits per heavy atom. The molecule has 2 atom stereocenters. The summed E-state index contributed by atoms with van der Waals surface area (Å²) in [6.45, 7) is 0.0869. The number of dihydropyridines is 1. The number of alkyl halides is 1. The van der Waals surface area contributed by atoms with Gasteiger partial charge in [0.2, 0.25) is 0 Å². The molecule has 1 aromatic carbocycles. The van der Waals surface area contributed by atoms with Crippen molar-refractivity contribution in [1.29, 1.82) is 0 Å². The Labute approximate surface area is 145 Å². The number of carbonyl (C=O) groups excluding carboxylic acids is 1. The van der Waals surface area contributed by atoms with Gasteiger partial charge < -0.3 is 4.74 Å². The van der Waals surface area contributed by atoms with E-state index in [0.717, 1.165) is 11.1 Å². The Bertz CT molecular complexity index is 753. The lowest BCUT2D eigenvalue weighted by atomic mass is 10.2. The van der Waals surface area contributed by atoms with Crippen LogP contribution in [0.3, 0.4) is 0 Å². The average Bonchev–Trinajstić information content (AvgIpc) is 2.44. The minimum absolute atomic E-state index is 0.0869. The van der Waals surface area contributed by atoms with Crippen LogP contribution in [0.25, 0.3) is 0 Å². The summed E-state index contributed by atoms with van der Waals surface area (Å²) in [7, 11) is -2.77. The Balaban J connectivity index is 1.98. The number of halogens is 2. The number of amides is 1. The molecular weight excluding hydrogens is 359 g/mol. The standard InChI is InChI=1S/C15H16Cl2N2O3S/c1-23(21,10-12-7-13(16)18-14(17)8-12)19-15(20)22-9-11-5-3-2-4-6-11/h2-7,14H,8-10H2,1H3. The molecule has 0 spiro atoms. The van der Waals surface area contributed by atoms with Crippen molar-refractivity contribution in [1.82, 2.24) is 0 Å². The summed E-state index contributed by atoms with van der Waals surface area (Å²) >= 11 is 11.8. The molecule has 0 saturated carbocycles. The number of aliphatic imine (C=N–C) groups is 1. The molecule has 1 heterocycles. The molecular formula is C15H16Cl2N2O3S. The number of hydrogen-bond donors (Lipinski definition) is 0. The maximum Gasteiger partial charge on any atom is 0.442 e. The molecule has 2 unspecified atom stereocenters. The molecule has 1 aliphatic heterocycles. The van der Waals surface area contributed by atoms with E-state index in [-0.39, 0.29) is 17.5 Å². The van der Waals surface area contributed by atoms with E-state index in [2.05, 4.69) is 9.36 Å². The Kier molecular flexibility index (Phi) is 6.21. The maximum atomic E-state index is 12.5. The van der Waals surface area contributed by atoms with E-state index in [9.17, 15) is 9.00 Å². The lowest BCUT2D eigenvalue weighted by Crippen LogP contribution is -2.15. The summed E-state index contributed by atoms with van der Waals surface area (Å²) in [4.78, 5) is 15.7. The number of hydrogen-bond acceptors (Lipinski definition) is 4. The fourth-order valence-electron chi connectivity index (χ4n) is 2.04. The molecule has 2 rings (SSSR count). The molecule has 124 valence electrons. The average molecular weight is 375 g/mol. The first-order valence-electron chi connectivity index (χ1n) is 6.81. The largest absolute Gasteiger partial charge is 0.443 e. The quantitative estimate of drug-likeness (QED) is 0.591. The topological polar surface area (TPSA) is 68.1 Å². The van der Waals surface area contributed by atoms with Crippen LogP contribution in [-0.2, 0) is 21.1 Å². The van der Waals surface area contributed by atoms with E-state index in [1.54, 1.807) is 6.08 Å². The summed E-state index contributed by atoms with van der Waals surface area (Å²) in [5.74, 6) is 0.0996. The van der Waals surface area contributed by atoms with Crippen LogP contribution in [0.5, 0.6) is 0 Å². The van der Waals surface area contributed by atoms with Crippen molar-refractivity contribution in [2.24, 2.45) is 9.36 Å². The van der Waals surface area contributed by atoms with Crippen LogP contribution in [0.15, 0.2) is 51.3 Å². The molecule has 23 heavy (non-hydrogen) atoms. The van der Waals surface area contributed by atoms with Gasteiger partial charge in [-0.25, -0.2) is 9.00 Å². The van der Waals surface area contributed by atoms with Crippen molar-refractivity contribution in [2.75, 3.05) is 12.0 Å². The number of benzene rings is 1. The van der Waals surface area contributed by atoms with E-state index in [1.807, 2.05) is 30.3 Å². The highest BCUT2D eigenvalue weighted by molar-refractivity contribution is 7.93. The lowest BCUT2D eigenvalue weighted by Gasteiger charge is -2.14. The molecule has 1 amide bonds. The summed E-state index contributed by atoms with van der Waals surface area (Å²) in [5.41, 5.74) is 1.10. The number of ether oxygens (including phenoxy) is 1. The SMILES string of the molecule is CS(=O)(CC1=CC(Cl)=NC(Cl)C1)=NC(=O)OCc1ccccc1. The van der Waals surface area contributed by atoms with Gasteiger partial charge in [0.15, 0.2) is 0 Å². The summed E-state index contributed by atoms with van der Waals surface area (Å²) in [6, 6.07) is 9.20. The molecule has 1 aliphatic rings. The zero-order valence-electron chi connectivity index (χ0n) is 12.4. The Hall–Kier alpha value is -1.37. The van der Waals surface area contributed by atoms with Gasteiger partial charge in [0.05, 0.1) is 15.5 Å². The maximum absolute atomic E-state index is 12.5. The van der Waals surface area contributed by atoms with Gasteiger partial charge in [-0.3, -0.25) is 4.99 Å². The lowest BCUT2D eigenvalue weighted by molar-refractivity contribution is 0.151. The molecule has 5 nitrogen and oxygen atoms in total. The molecule has 8 heteroatoms. The first-order valence-corrected chi connectivity index (χ1v) is 9.72. The third-order valence-corrected chi connectivity index (χ3v) is 4.84. The molecule has 0 fully saturated rings. The van der Waals surface area contributed by atoms with E-state index in [0.29, 0.717) is 6.42 Å². The van der Waals surface area contributed by atoms with E-state index in [4.69, 9.17) is 27.9 Å². The highest BCUT2D eigenvalue weighted by atomic mass is 35.5. The van der Waals surface area contributed by atoms with Crippen LogP contribution in [0, 0.1) is 0 Å².